The molecule has 0 bridgehead atoms. The van der Waals surface area contributed by atoms with Crippen molar-refractivity contribution in [2.45, 2.75) is 41.0 Å². The van der Waals surface area contributed by atoms with E-state index in [1.807, 2.05) is 65.0 Å². The van der Waals surface area contributed by atoms with Crippen molar-refractivity contribution in [1.82, 2.24) is 25.1 Å². The summed E-state index contributed by atoms with van der Waals surface area (Å²) >= 11 is 0. The smallest absolute Gasteiger partial charge is 0.227 e. The lowest BCUT2D eigenvalue weighted by Crippen LogP contribution is -2.35. The minimum Gasteiger partial charge on any atom is -0.368 e. The predicted molar refractivity (Wildman–Crippen MR) is 131 cm³/mol. The molecule has 1 atom stereocenters. The van der Waals surface area contributed by atoms with Gasteiger partial charge in [0.2, 0.25) is 11.8 Å². The van der Waals surface area contributed by atoms with Crippen LogP contribution in [0.25, 0.3) is 5.82 Å². The molecule has 2 aromatic heterocycles. The number of nitrogens with zero attached hydrogens (tertiary/aromatic N) is 5. The van der Waals surface area contributed by atoms with Crippen LogP contribution in [0.4, 0.5) is 11.5 Å². The number of hydrogen-bond acceptors (Lipinski definition) is 6. The molecule has 9 nitrogen and oxygen atoms in total. The van der Waals surface area contributed by atoms with Gasteiger partial charge in [0.1, 0.15) is 11.6 Å². The highest BCUT2D eigenvalue weighted by Crippen LogP contribution is 2.27. The standard InChI is InChI=1S/C25H31N7O2/c1-15-6-7-21(10-16(15)2)31-14-20(12-24(31)33)25(34)27-9-8-26-22-13-23(29-19(5)28-22)32-18(4)11-17(3)30-32/h6-7,10-11,13,20H,8-9,12,14H2,1-5H3,(H,27,34)(H,26,28,29)/t20-/m0/s1. The summed E-state index contributed by atoms with van der Waals surface area (Å²) in [5.41, 5.74) is 5.08. The Hall–Kier alpha value is -3.75. The van der Waals surface area contributed by atoms with Crippen LogP contribution in [0.5, 0.6) is 0 Å². The molecule has 0 radical (unpaired) electrons. The molecule has 9 heteroatoms. The van der Waals surface area contributed by atoms with Gasteiger partial charge in [0.25, 0.3) is 0 Å². The molecule has 2 N–H and O–H groups in total. The molecular formula is C25H31N7O2. The summed E-state index contributed by atoms with van der Waals surface area (Å²) in [5, 5.41) is 10.7. The first-order valence-electron chi connectivity index (χ1n) is 11.5. The van der Waals surface area contributed by atoms with Crippen molar-refractivity contribution in [1.29, 1.82) is 0 Å². The maximum atomic E-state index is 12.7. The van der Waals surface area contributed by atoms with Crippen molar-refractivity contribution < 1.29 is 9.59 Å². The Morgan fingerprint density at radius 1 is 1.03 bits per heavy atom. The van der Waals surface area contributed by atoms with E-state index in [4.69, 9.17) is 0 Å². The molecule has 0 aliphatic carbocycles. The molecule has 1 aromatic carbocycles. The van der Waals surface area contributed by atoms with Crippen LogP contribution in [-0.2, 0) is 9.59 Å². The van der Waals surface area contributed by atoms with Crippen molar-refractivity contribution in [3.63, 3.8) is 0 Å². The summed E-state index contributed by atoms with van der Waals surface area (Å²) in [7, 11) is 0. The van der Waals surface area contributed by atoms with Gasteiger partial charge in [-0.1, -0.05) is 6.07 Å². The van der Waals surface area contributed by atoms with Crippen LogP contribution >= 0.6 is 0 Å². The number of benzene rings is 1. The van der Waals surface area contributed by atoms with E-state index in [0.29, 0.717) is 37.1 Å². The summed E-state index contributed by atoms with van der Waals surface area (Å²) < 4.78 is 1.79. The second kappa shape index (κ2) is 9.62. The maximum Gasteiger partial charge on any atom is 0.227 e. The number of aromatic nitrogens is 4. The zero-order valence-electron chi connectivity index (χ0n) is 20.3. The highest BCUT2D eigenvalue weighted by Gasteiger charge is 2.35. The minimum atomic E-state index is -0.354. The molecule has 1 aliphatic heterocycles. The monoisotopic (exact) mass is 461 g/mol. The van der Waals surface area contributed by atoms with E-state index in [1.165, 1.54) is 5.56 Å². The van der Waals surface area contributed by atoms with Crippen molar-refractivity contribution in [2.24, 2.45) is 5.92 Å². The van der Waals surface area contributed by atoms with Crippen molar-refractivity contribution in [3.8, 4) is 5.82 Å². The number of aryl methyl sites for hydroxylation is 5. The molecule has 2 amide bonds. The molecular weight excluding hydrogens is 430 g/mol. The topological polar surface area (TPSA) is 105 Å². The van der Waals surface area contributed by atoms with E-state index in [9.17, 15) is 9.59 Å². The predicted octanol–water partition coefficient (Wildman–Crippen LogP) is 2.79. The number of carbonyl (C=O) groups is 2. The van der Waals surface area contributed by atoms with Crippen LogP contribution in [0.15, 0.2) is 30.3 Å². The Kier molecular flexibility index (Phi) is 6.63. The highest BCUT2D eigenvalue weighted by atomic mass is 16.2. The van der Waals surface area contributed by atoms with E-state index in [-0.39, 0.29) is 24.2 Å². The van der Waals surface area contributed by atoms with Gasteiger partial charge in [-0.25, -0.2) is 14.6 Å². The summed E-state index contributed by atoms with van der Waals surface area (Å²) in [6.45, 7) is 11.1. The maximum absolute atomic E-state index is 12.7. The molecule has 34 heavy (non-hydrogen) atoms. The third-order valence-corrected chi connectivity index (χ3v) is 6.08. The number of rotatable bonds is 7. The lowest BCUT2D eigenvalue weighted by molar-refractivity contribution is -0.126. The average Bonchev–Trinajstić information content (AvgIpc) is 3.34. The Balaban J connectivity index is 1.30. The van der Waals surface area contributed by atoms with Gasteiger partial charge in [0.15, 0.2) is 5.82 Å². The van der Waals surface area contributed by atoms with Crippen LogP contribution in [-0.4, -0.2) is 51.2 Å². The summed E-state index contributed by atoms with van der Waals surface area (Å²) in [6, 6.07) is 9.78. The summed E-state index contributed by atoms with van der Waals surface area (Å²) in [4.78, 5) is 35.8. The zero-order chi connectivity index (χ0) is 24.4. The number of amides is 2. The van der Waals surface area contributed by atoms with Gasteiger partial charge in [-0.15, -0.1) is 0 Å². The van der Waals surface area contributed by atoms with E-state index < -0.39 is 0 Å². The Bertz CT molecular complexity index is 1230. The third kappa shape index (κ3) is 5.08. The largest absolute Gasteiger partial charge is 0.368 e. The van der Waals surface area contributed by atoms with Gasteiger partial charge < -0.3 is 15.5 Å². The van der Waals surface area contributed by atoms with Crippen molar-refractivity contribution in [2.75, 3.05) is 29.9 Å². The molecule has 0 spiro atoms. The second-order valence-electron chi connectivity index (χ2n) is 8.89. The van der Waals surface area contributed by atoms with Crippen LogP contribution < -0.4 is 15.5 Å². The first-order chi connectivity index (χ1) is 16.2. The van der Waals surface area contributed by atoms with Gasteiger partial charge in [-0.05, 0) is 63.9 Å². The van der Waals surface area contributed by atoms with Crippen LogP contribution in [0.3, 0.4) is 0 Å². The number of anilines is 2. The van der Waals surface area contributed by atoms with Crippen molar-refractivity contribution in [3.05, 3.63) is 58.7 Å². The minimum absolute atomic E-state index is 0.0188. The Morgan fingerprint density at radius 2 is 1.82 bits per heavy atom. The normalized spacial score (nSPS) is 15.6. The lowest BCUT2D eigenvalue weighted by atomic mass is 10.1. The fourth-order valence-electron chi connectivity index (χ4n) is 4.16. The SMILES string of the molecule is Cc1cc(C)n(-c2cc(NCCNC(=O)[C@H]3CC(=O)N(c4ccc(C)c(C)c4)C3)nc(C)n2)n1. The first-order valence-corrected chi connectivity index (χ1v) is 11.5. The average molecular weight is 462 g/mol. The quantitative estimate of drug-likeness (QED) is 0.524. The molecule has 1 fully saturated rings. The van der Waals surface area contributed by atoms with Crippen molar-refractivity contribution >= 4 is 23.3 Å². The van der Waals surface area contributed by atoms with E-state index in [1.54, 1.807) is 9.58 Å². The fourth-order valence-corrected chi connectivity index (χ4v) is 4.16. The van der Waals surface area contributed by atoms with E-state index in [0.717, 1.165) is 22.6 Å². The molecule has 0 unspecified atom stereocenters. The van der Waals surface area contributed by atoms with Crippen LogP contribution in [0.1, 0.15) is 34.8 Å². The molecule has 3 heterocycles. The van der Waals surface area contributed by atoms with Gasteiger partial charge in [-0.2, -0.15) is 5.10 Å². The van der Waals surface area contributed by atoms with E-state index >= 15 is 0 Å². The first kappa shape index (κ1) is 23.4. The second-order valence-corrected chi connectivity index (χ2v) is 8.89. The number of hydrogen-bond donors (Lipinski definition) is 2. The molecule has 1 aliphatic rings. The van der Waals surface area contributed by atoms with Gasteiger partial charge in [-0.3, -0.25) is 9.59 Å². The van der Waals surface area contributed by atoms with Crippen LogP contribution in [0, 0.1) is 40.5 Å². The zero-order valence-corrected chi connectivity index (χ0v) is 20.3. The summed E-state index contributed by atoms with van der Waals surface area (Å²) in [5.74, 6) is 1.51. The molecule has 1 saturated heterocycles. The molecule has 0 saturated carbocycles. The molecule has 178 valence electrons. The number of carbonyl (C=O) groups excluding carboxylic acids is 2. The van der Waals surface area contributed by atoms with Gasteiger partial charge in [0, 0.05) is 43.5 Å². The molecule has 4 rings (SSSR count). The van der Waals surface area contributed by atoms with Gasteiger partial charge >= 0.3 is 0 Å². The lowest BCUT2D eigenvalue weighted by Gasteiger charge is -2.18. The van der Waals surface area contributed by atoms with Crippen LogP contribution in [0.2, 0.25) is 0 Å². The fraction of sp³-hybridized carbons (Fsp3) is 0.400. The van der Waals surface area contributed by atoms with Gasteiger partial charge in [0.05, 0.1) is 11.6 Å². The Morgan fingerprint density at radius 3 is 2.53 bits per heavy atom. The summed E-state index contributed by atoms with van der Waals surface area (Å²) in [6.07, 6.45) is 0.225. The molecule has 3 aromatic rings. The third-order valence-electron chi connectivity index (χ3n) is 6.08. The Labute approximate surface area is 199 Å². The number of nitrogens with one attached hydrogen (secondary N) is 2. The highest BCUT2D eigenvalue weighted by molar-refractivity contribution is 6.00. The van der Waals surface area contributed by atoms with E-state index in [2.05, 4.69) is 25.7 Å².